The minimum Gasteiger partial charge on any atom is -0.411 e. The molecule has 0 aliphatic heterocycles. The molecule has 0 saturated heterocycles. The van der Waals surface area contributed by atoms with Gasteiger partial charge in [-0.25, -0.2) is 4.68 Å². The molecule has 0 amide bonds. The second-order valence-electron chi connectivity index (χ2n) is 5.08. The van der Waals surface area contributed by atoms with Gasteiger partial charge >= 0.3 is 0 Å². The number of nitrogens with zero attached hydrogens (tertiary/aromatic N) is 4. The first kappa shape index (κ1) is 12.1. The summed E-state index contributed by atoms with van der Waals surface area (Å²) in [5, 5.41) is 21.3. The summed E-state index contributed by atoms with van der Waals surface area (Å²) in [6.45, 7) is 0. The van der Waals surface area contributed by atoms with E-state index in [1.165, 1.54) is 12.8 Å². The molecule has 0 bridgehead atoms. The summed E-state index contributed by atoms with van der Waals surface area (Å²) in [7, 11) is 0. The molecule has 5 heteroatoms. The quantitative estimate of drug-likeness (QED) is 0.631. The van der Waals surface area contributed by atoms with Crippen molar-refractivity contribution in [2.75, 3.05) is 0 Å². The molecule has 1 fully saturated rings. The van der Waals surface area contributed by atoms with Gasteiger partial charge < -0.3 is 5.21 Å². The van der Waals surface area contributed by atoms with Crippen LogP contribution in [0.5, 0.6) is 0 Å². The van der Waals surface area contributed by atoms with Crippen molar-refractivity contribution in [2.24, 2.45) is 5.16 Å². The van der Waals surface area contributed by atoms with Crippen LogP contribution in [-0.4, -0.2) is 25.9 Å². The molecule has 1 aromatic carbocycles. The average Bonchev–Trinajstić information content (AvgIpc) is 2.83. The van der Waals surface area contributed by atoms with Crippen LogP contribution in [0.15, 0.2) is 29.4 Å². The molecule has 5 nitrogen and oxygen atoms in total. The van der Waals surface area contributed by atoms with E-state index in [0.717, 1.165) is 42.4 Å². The number of benzene rings is 1. The lowest BCUT2D eigenvalue weighted by Crippen LogP contribution is -2.22. The van der Waals surface area contributed by atoms with E-state index in [-0.39, 0.29) is 6.04 Å². The molecular weight excluding hydrogens is 240 g/mol. The average molecular weight is 258 g/mol. The Labute approximate surface area is 111 Å². The highest BCUT2D eigenvalue weighted by molar-refractivity contribution is 5.89. The van der Waals surface area contributed by atoms with Gasteiger partial charge in [0.15, 0.2) is 0 Å². The fourth-order valence-corrected chi connectivity index (χ4v) is 2.83. The maximum absolute atomic E-state index is 9.28. The fraction of sp³-hybridized carbons (Fsp3) is 0.500. The van der Waals surface area contributed by atoms with Gasteiger partial charge in [-0.1, -0.05) is 41.8 Å². The molecule has 0 spiro atoms. The SMILES string of the molecule is O/N=C1/CCCCCC[C@H]1n1nnc2ccccc21. The Morgan fingerprint density at radius 1 is 1.16 bits per heavy atom. The highest BCUT2D eigenvalue weighted by Crippen LogP contribution is 2.26. The predicted octanol–water partition coefficient (Wildman–Crippen LogP) is 3.16. The van der Waals surface area contributed by atoms with Crippen LogP contribution in [0.2, 0.25) is 0 Å². The number of aromatic nitrogens is 3. The van der Waals surface area contributed by atoms with Crippen molar-refractivity contribution >= 4 is 16.7 Å². The highest BCUT2D eigenvalue weighted by atomic mass is 16.4. The number of hydrogen-bond acceptors (Lipinski definition) is 4. The van der Waals surface area contributed by atoms with Gasteiger partial charge in [0, 0.05) is 0 Å². The summed E-state index contributed by atoms with van der Waals surface area (Å²) in [6, 6.07) is 7.96. The van der Waals surface area contributed by atoms with E-state index < -0.39 is 0 Å². The molecule has 19 heavy (non-hydrogen) atoms. The van der Waals surface area contributed by atoms with Gasteiger partial charge in [0.05, 0.1) is 17.3 Å². The third-order valence-corrected chi connectivity index (χ3v) is 3.85. The van der Waals surface area contributed by atoms with Gasteiger partial charge in [-0.05, 0) is 31.4 Å². The molecule has 1 N–H and O–H groups in total. The summed E-state index contributed by atoms with van der Waals surface area (Å²) in [5.74, 6) is 0. The van der Waals surface area contributed by atoms with Gasteiger partial charge in [0.1, 0.15) is 5.52 Å². The first-order valence-corrected chi connectivity index (χ1v) is 6.91. The van der Waals surface area contributed by atoms with Gasteiger partial charge in [0.25, 0.3) is 0 Å². The van der Waals surface area contributed by atoms with E-state index in [9.17, 15) is 5.21 Å². The third-order valence-electron chi connectivity index (χ3n) is 3.85. The van der Waals surface area contributed by atoms with Crippen molar-refractivity contribution < 1.29 is 5.21 Å². The zero-order chi connectivity index (χ0) is 13.1. The molecule has 1 atom stereocenters. The Balaban J connectivity index is 2.01. The molecule has 1 aromatic heterocycles. The summed E-state index contributed by atoms with van der Waals surface area (Å²) >= 11 is 0. The summed E-state index contributed by atoms with van der Waals surface area (Å²) in [5.41, 5.74) is 2.73. The number of hydrogen-bond donors (Lipinski definition) is 1. The monoisotopic (exact) mass is 258 g/mol. The second-order valence-corrected chi connectivity index (χ2v) is 5.08. The van der Waals surface area contributed by atoms with E-state index in [4.69, 9.17) is 0 Å². The fourth-order valence-electron chi connectivity index (χ4n) is 2.83. The summed E-state index contributed by atoms with van der Waals surface area (Å²) in [6.07, 6.45) is 6.48. The van der Waals surface area contributed by atoms with Crippen LogP contribution in [0.1, 0.15) is 44.6 Å². The topological polar surface area (TPSA) is 63.3 Å². The standard InChI is InChI=1S/C14H18N4O/c19-16-12-8-3-1-2-4-9-14(12)18-13-10-6-5-7-11(13)15-17-18/h5-7,10,14,19H,1-4,8-9H2/b16-12-/t14-/m1/s1. The van der Waals surface area contributed by atoms with Crippen LogP contribution in [0, 0.1) is 0 Å². The Hall–Kier alpha value is -1.91. The zero-order valence-electron chi connectivity index (χ0n) is 10.9. The van der Waals surface area contributed by atoms with Gasteiger partial charge in [-0.3, -0.25) is 0 Å². The molecule has 2 aromatic rings. The van der Waals surface area contributed by atoms with Crippen molar-refractivity contribution in [1.29, 1.82) is 0 Å². The third kappa shape index (κ3) is 2.32. The van der Waals surface area contributed by atoms with Crippen LogP contribution < -0.4 is 0 Å². The Morgan fingerprint density at radius 2 is 2.00 bits per heavy atom. The highest BCUT2D eigenvalue weighted by Gasteiger charge is 2.23. The van der Waals surface area contributed by atoms with Crippen molar-refractivity contribution in [1.82, 2.24) is 15.0 Å². The van der Waals surface area contributed by atoms with Gasteiger partial charge in [-0.15, -0.1) is 5.10 Å². The summed E-state index contributed by atoms with van der Waals surface area (Å²) in [4.78, 5) is 0. The maximum atomic E-state index is 9.28. The van der Waals surface area contributed by atoms with Crippen LogP contribution in [-0.2, 0) is 0 Å². The lowest BCUT2D eigenvalue weighted by molar-refractivity contribution is 0.309. The lowest BCUT2D eigenvalue weighted by atomic mass is 9.95. The smallest absolute Gasteiger partial charge is 0.113 e. The van der Waals surface area contributed by atoms with Crippen LogP contribution in [0.3, 0.4) is 0 Å². The van der Waals surface area contributed by atoms with Crippen molar-refractivity contribution in [2.45, 2.75) is 44.6 Å². The molecule has 1 aliphatic rings. The van der Waals surface area contributed by atoms with E-state index in [0.29, 0.717) is 0 Å². The number of oxime groups is 1. The minimum absolute atomic E-state index is 0.0395. The largest absolute Gasteiger partial charge is 0.411 e. The molecule has 3 rings (SSSR count). The molecule has 0 radical (unpaired) electrons. The van der Waals surface area contributed by atoms with Crippen LogP contribution in [0.25, 0.3) is 11.0 Å². The first-order valence-electron chi connectivity index (χ1n) is 6.91. The molecule has 0 unspecified atom stereocenters. The van der Waals surface area contributed by atoms with Crippen molar-refractivity contribution in [3.63, 3.8) is 0 Å². The zero-order valence-corrected chi connectivity index (χ0v) is 10.9. The number of para-hydroxylation sites is 1. The van der Waals surface area contributed by atoms with E-state index in [1.54, 1.807) is 0 Å². The maximum Gasteiger partial charge on any atom is 0.113 e. The number of rotatable bonds is 1. The van der Waals surface area contributed by atoms with Crippen molar-refractivity contribution in [3.8, 4) is 0 Å². The normalized spacial score (nSPS) is 23.4. The molecule has 1 aliphatic carbocycles. The molecule has 1 heterocycles. The predicted molar refractivity (Wildman–Crippen MR) is 73.5 cm³/mol. The Morgan fingerprint density at radius 3 is 2.89 bits per heavy atom. The van der Waals surface area contributed by atoms with Crippen molar-refractivity contribution in [3.05, 3.63) is 24.3 Å². The first-order chi connectivity index (χ1) is 9.40. The molecule has 1 saturated carbocycles. The van der Waals surface area contributed by atoms with E-state index >= 15 is 0 Å². The molecular formula is C14H18N4O. The summed E-state index contributed by atoms with van der Waals surface area (Å²) < 4.78 is 1.91. The van der Waals surface area contributed by atoms with Crippen LogP contribution in [0.4, 0.5) is 0 Å². The van der Waals surface area contributed by atoms with Crippen LogP contribution >= 0.6 is 0 Å². The van der Waals surface area contributed by atoms with Gasteiger partial charge in [-0.2, -0.15) is 0 Å². The molecule has 100 valence electrons. The Kier molecular flexibility index (Phi) is 3.44. The second kappa shape index (κ2) is 5.38. The lowest BCUT2D eigenvalue weighted by Gasteiger charge is -2.21. The van der Waals surface area contributed by atoms with Gasteiger partial charge in [0.2, 0.25) is 0 Å². The van der Waals surface area contributed by atoms with E-state index in [1.807, 2.05) is 28.9 Å². The van der Waals surface area contributed by atoms with E-state index in [2.05, 4.69) is 15.5 Å². The number of fused-ring (bicyclic) bond motifs is 1. The Bertz CT molecular complexity index is 590. The minimum atomic E-state index is 0.0395.